The lowest BCUT2D eigenvalue weighted by atomic mass is 10.1. The van der Waals surface area contributed by atoms with E-state index < -0.39 is 0 Å². The molecule has 1 saturated heterocycles. The Bertz CT molecular complexity index is 593. The zero-order chi connectivity index (χ0) is 18.4. The minimum atomic E-state index is -0.223. The molecule has 0 saturated carbocycles. The molecule has 0 radical (unpaired) electrons. The zero-order valence-electron chi connectivity index (χ0n) is 15.7. The third kappa shape index (κ3) is 6.05. The molecule has 2 amide bonds. The summed E-state index contributed by atoms with van der Waals surface area (Å²) in [5.41, 5.74) is 0.443. The van der Waals surface area contributed by atoms with E-state index in [1.54, 1.807) is 31.4 Å². The van der Waals surface area contributed by atoms with Gasteiger partial charge in [-0.05, 0) is 51.5 Å². The molecule has 1 fully saturated rings. The van der Waals surface area contributed by atoms with Gasteiger partial charge in [0.05, 0.1) is 13.7 Å². The first-order chi connectivity index (χ1) is 11.8. The number of nitrogens with one attached hydrogen (secondary N) is 1. The maximum atomic E-state index is 12.7. The maximum absolute atomic E-state index is 12.7. The Hall–Kier alpha value is -2.08. The zero-order valence-corrected chi connectivity index (χ0v) is 15.7. The van der Waals surface area contributed by atoms with Crippen molar-refractivity contribution in [3.05, 3.63) is 29.8 Å². The molecule has 2 rings (SSSR count). The van der Waals surface area contributed by atoms with E-state index in [0.717, 1.165) is 18.7 Å². The standard InChI is InChI=1S/C19H29N3O3/c1-19(2,3)20-17(23)14-21-10-5-11-22(13-12-21)18(24)15-6-8-16(25-4)9-7-15/h6-9H,5,10-14H2,1-4H3,(H,20,23). The van der Waals surface area contributed by atoms with E-state index in [0.29, 0.717) is 31.7 Å². The van der Waals surface area contributed by atoms with Crippen molar-refractivity contribution in [1.82, 2.24) is 15.1 Å². The van der Waals surface area contributed by atoms with E-state index in [4.69, 9.17) is 4.74 Å². The summed E-state index contributed by atoms with van der Waals surface area (Å²) in [6.45, 7) is 9.18. The van der Waals surface area contributed by atoms with Crippen LogP contribution in [0, 0.1) is 0 Å². The van der Waals surface area contributed by atoms with Gasteiger partial charge in [0.15, 0.2) is 0 Å². The van der Waals surface area contributed by atoms with Crippen molar-refractivity contribution in [2.24, 2.45) is 0 Å². The number of carbonyl (C=O) groups is 2. The Morgan fingerprint density at radius 3 is 2.36 bits per heavy atom. The second kappa shape index (κ2) is 8.34. The normalized spacial score (nSPS) is 16.2. The summed E-state index contributed by atoms with van der Waals surface area (Å²) in [6, 6.07) is 7.18. The minimum absolute atomic E-state index is 0.0300. The molecule has 6 heteroatoms. The molecular formula is C19H29N3O3. The fourth-order valence-corrected chi connectivity index (χ4v) is 2.91. The summed E-state index contributed by atoms with van der Waals surface area (Å²) in [7, 11) is 1.61. The van der Waals surface area contributed by atoms with Crippen LogP contribution in [0.1, 0.15) is 37.6 Å². The van der Waals surface area contributed by atoms with E-state index in [9.17, 15) is 9.59 Å². The Labute approximate surface area is 150 Å². The van der Waals surface area contributed by atoms with E-state index in [1.165, 1.54) is 0 Å². The van der Waals surface area contributed by atoms with Crippen LogP contribution in [-0.2, 0) is 4.79 Å². The van der Waals surface area contributed by atoms with Crippen LogP contribution in [0.4, 0.5) is 0 Å². The molecule has 0 aliphatic carbocycles. The first-order valence-electron chi connectivity index (χ1n) is 8.75. The number of nitrogens with zero attached hydrogens (tertiary/aromatic N) is 2. The fourth-order valence-electron chi connectivity index (χ4n) is 2.91. The number of rotatable bonds is 4. The number of ether oxygens (including phenoxy) is 1. The van der Waals surface area contributed by atoms with E-state index in [2.05, 4.69) is 10.2 Å². The van der Waals surface area contributed by atoms with E-state index >= 15 is 0 Å². The number of hydrogen-bond acceptors (Lipinski definition) is 4. The van der Waals surface area contributed by atoms with Crippen molar-refractivity contribution < 1.29 is 14.3 Å². The molecule has 1 aliphatic heterocycles. The Morgan fingerprint density at radius 2 is 1.76 bits per heavy atom. The first kappa shape index (κ1) is 19.2. The molecule has 1 heterocycles. The number of benzene rings is 1. The molecule has 0 bridgehead atoms. The maximum Gasteiger partial charge on any atom is 0.253 e. The predicted molar refractivity (Wildman–Crippen MR) is 97.9 cm³/mol. The average molecular weight is 347 g/mol. The minimum Gasteiger partial charge on any atom is -0.497 e. The lowest BCUT2D eigenvalue weighted by molar-refractivity contribution is -0.123. The van der Waals surface area contributed by atoms with Crippen LogP contribution in [0.2, 0.25) is 0 Å². The second-order valence-electron chi connectivity index (χ2n) is 7.45. The third-order valence-electron chi connectivity index (χ3n) is 4.09. The number of carbonyl (C=O) groups excluding carboxylic acids is 2. The lowest BCUT2D eigenvalue weighted by Crippen LogP contribution is -2.46. The highest BCUT2D eigenvalue weighted by Crippen LogP contribution is 2.14. The van der Waals surface area contributed by atoms with Crippen LogP contribution < -0.4 is 10.1 Å². The fraction of sp³-hybridized carbons (Fsp3) is 0.579. The van der Waals surface area contributed by atoms with Gasteiger partial charge in [-0.15, -0.1) is 0 Å². The molecule has 1 aromatic rings. The molecule has 0 unspecified atom stereocenters. The molecule has 138 valence electrons. The summed E-state index contributed by atoms with van der Waals surface area (Å²) in [5.74, 6) is 0.800. The molecule has 0 atom stereocenters. The topological polar surface area (TPSA) is 61.9 Å². The molecule has 25 heavy (non-hydrogen) atoms. The highest BCUT2D eigenvalue weighted by atomic mass is 16.5. The predicted octanol–water partition coefficient (Wildman–Crippen LogP) is 1.76. The quantitative estimate of drug-likeness (QED) is 0.901. The Balaban J connectivity index is 1.89. The van der Waals surface area contributed by atoms with Gasteiger partial charge >= 0.3 is 0 Å². The van der Waals surface area contributed by atoms with Gasteiger partial charge in [-0.25, -0.2) is 0 Å². The molecule has 1 N–H and O–H groups in total. The third-order valence-corrected chi connectivity index (χ3v) is 4.09. The molecule has 1 aliphatic rings. The van der Waals surface area contributed by atoms with Crippen LogP contribution in [-0.4, -0.2) is 67.0 Å². The number of hydrogen-bond donors (Lipinski definition) is 1. The van der Waals surface area contributed by atoms with Crippen LogP contribution in [0.25, 0.3) is 0 Å². The largest absolute Gasteiger partial charge is 0.497 e. The van der Waals surface area contributed by atoms with Crippen molar-refractivity contribution in [2.75, 3.05) is 39.8 Å². The SMILES string of the molecule is COc1ccc(C(=O)N2CCCN(CC(=O)NC(C)(C)C)CC2)cc1. The van der Waals surface area contributed by atoms with Gasteiger partial charge in [0, 0.05) is 37.3 Å². The smallest absolute Gasteiger partial charge is 0.253 e. The second-order valence-corrected chi connectivity index (χ2v) is 7.45. The summed E-state index contributed by atoms with van der Waals surface area (Å²) in [6.07, 6.45) is 0.866. The number of methoxy groups -OCH3 is 1. The van der Waals surface area contributed by atoms with Crippen molar-refractivity contribution in [3.63, 3.8) is 0 Å². The van der Waals surface area contributed by atoms with Gasteiger partial charge < -0.3 is 15.0 Å². The van der Waals surface area contributed by atoms with Gasteiger partial charge in [0.2, 0.25) is 5.91 Å². The average Bonchev–Trinajstić information content (AvgIpc) is 2.78. The summed E-state index contributed by atoms with van der Waals surface area (Å²) < 4.78 is 5.13. The van der Waals surface area contributed by atoms with E-state index in [1.807, 2.05) is 25.7 Å². The van der Waals surface area contributed by atoms with Gasteiger partial charge in [-0.2, -0.15) is 0 Å². The monoisotopic (exact) mass is 347 g/mol. The van der Waals surface area contributed by atoms with Crippen molar-refractivity contribution in [3.8, 4) is 5.75 Å². The Morgan fingerprint density at radius 1 is 1.08 bits per heavy atom. The van der Waals surface area contributed by atoms with E-state index in [-0.39, 0.29) is 17.4 Å². The van der Waals surface area contributed by atoms with Crippen LogP contribution >= 0.6 is 0 Å². The summed E-state index contributed by atoms with van der Waals surface area (Å²) >= 11 is 0. The molecule has 6 nitrogen and oxygen atoms in total. The van der Waals surface area contributed by atoms with Crippen molar-refractivity contribution in [1.29, 1.82) is 0 Å². The molecule has 1 aromatic carbocycles. The van der Waals surface area contributed by atoms with Crippen LogP contribution in [0.3, 0.4) is 0 Å². The Kier molecular flexibility index (Phi) is 6.42. The van der Waals surface area contributed by atoms with Gasteiger partial charge in [0.1, 0.15) is 5.75 Å². The molecule has 0 aromatic heterocycles. The van der Waals surface area contributed by atoms with Crippen molar-refractivity contribution >= 4 is 11.8 Å². The van der Waals surface area contributed by atoms with Gasteiger partial charge in [-0.1, -0.05) is 0 Å². The van der Waals surface area contributed by atoms with Crippen LogP contribution in [0.5, 0.6) is 5.75 Å². The summed E-state index contributed by atoms with van der Waals surface area (Å²) in [5, 5.41) is 2.98. The highest BCUT2D eigenvalue weighted by molar-refractivity contribution is 5.94. The van der Waals surface area contributed by atoms with Crippen molar-refractivity contribution in [2.45, 2.75) is 32.7 Å². The van der Waals surface area contributed by atoms with Crippen LogP contribution in [0.15, 0.2) is 24.3 Å². The molecular weight excluding hydrogens is 318 g/mol. The van der Waals surface area contributed by atoms with Gasteiger partial charge in [0.25, 0.3) is 5.91 Å². The molecule has 0 spiro atoms. The highest BCUT2D eigenvalue weighted by Gasteiger charge is 2.22. The number of amides is 2. The van der Waals surface area contributed by atoms with Gasteiger partial charge in [-0.3, -0.25) is 14.5 Å². The summed E-state index contributed by atoms with van der Waals surface area (Å²) in [4.78, 5) is 28.7. The first-order valence-corrected chi connectivity index (χ1v) is 8.75. The lowest BCUT2D eigenvalue weighted by Gasteiger charge is -2.25.